The predicted molar refractivity (Wildman–Crippen MR) is 74.6 cm³/mol. The molecule has 0 saturated carbocycles. The first-order valence-electron chi connectivity index (χ1n) is 5.81. The number of benzene rings is 2. The second-order valence-corrected chi connectivity index (χ2v) is 6.27. The molecule has 22 heavy (non-hydrogen) atoms. The van der Waals surface area contributed by atoms with Crippen molar-refractivity contribution >= 4 is 33.3 Å². The molecule has 2 aromatic rings. The van der Waals surface area contributed by atoms with Gasteiger partial charge in [0.1, 0.15) is 4.90 Å². The van der Waals surface area contributed by atoms with Crippen LogP contribution in [-0.4, -0.2) is 24.5 Å². The van der Waals surface area contributed by atoms with Crippen molar-refractivity contribution in [3.8, 4) is 0 Å². The van der Waals surface area contributed by atoms with E-state index in [4.69, 9.17) is 11.6 Å². The Bertz CT molecular complexity index is 921. The zero-order chi connectivity index (χ0) is 15.4. The predicted octanol–water partition coefficient (Wildman–Crippen LogP) is -0.634. The van der Waals surface area contributed by atoms with Gasteiger partial charge in [-0.2, -0.15) is 8.42 Å². The number of ketones is 2. The molecule has 5 nitrogen and oxygen atoms in total. The van der Waals surface area contributed by atoms with Crippen molar-refractivity contribution in [2.45, 2.75) is 4.90 Å². The minimum atomic E-state index is -4.62. The van der Waals surface area contributed by atoms with Crippen LogP contribution in [0.15, 0.2) is 41.3 Å². The monoisotopic (exact) mass is 345 g/mol. The van der Waals surface area contributed by atoms with E-state index in [1.807, 2.05) is 0 Å². The van der Waals surface area contributed by atoms with Gasteiger partial charge in [0.25, 0.3) is 10.1 Å². The molecule has 106 valence electrons. The number of fused-ring (bicyclic) bond motifs is 2. The third kappa shape index (κ3) is 2.56. The maximum Gasteiger partial charge on any atom is 1.00 e. The van der Waals surface area contributed by atoms with Crippen LogP contribution in [0.25, 0.3) is 0 Å². The quantitative estimate of drug-likeness (QED) is 0.468. The molecule has 0 amide bonds. The van der Waals surface area contributed by atoms with Gasteiger partial charge in [0.05, 0.1) is 16.1 Å². The van der Waals surface area contributed by atoms with Crippen molar-refractivity contribution < 1.29 is 52.1 Å². The Labute approximate surface area is 153 Å². The van der Waals surface area contributed by atoms with Gasteiger partial charge in [0, 0.05) is 11.1 Å². The summed E-state index contributed by atoms with van der Waals surface area (Å²) < 4.78 is 32.0. The van der Waals surface area contributed by atoms with Gasteiger partial charge in [-0.1, -0.05) is 35.9 Å². The summed E-state index contributed by atoms with van der Waals surface area (Å²) in [6.07, 6.45) is 0. The Morgan fingerprint density at radius 3 is 1.95 bits per heavy atom. The second kappa shape index (κ2) is 5.88. The Morgan fingerprint density at radius 1 is 0.864 bits per heavy atom. The largest absolute Gasteiger partial charge is 1.00 e. The van der Waals surface area contributed by atoms with Crippen LogP contribution < -0.4 is 29.6 Å². The van der Waals surface area contributed by atoms with Crippen molar-refractivity contribution in [1.29, 1.82) is 0 Å². The van der Waals surface area contributed by atoms with Crippen molar-refractivity contribution in [3.05, 3.63) is 63.7 Å². The minimum Gasteiger partial charge on any atom is -0.289 e. The molecule has 0 saturated heterocycles. The Kier molecular flexibility index (Phi) is 4.64. The van der Waals surface area contributed by atoms with E-state index in [-0.39, 0.29) is 56.8 Å². The SMILES string of the molecule is O=C1c2cccc(S(=O)(=O)O)c2C(=O)c2cccc(Cl)c21.[Na+]. The van der Waals surface area contributed by atoms with Crippen molar-refractivity contribution in [2.75, 3.05) is 0 Å². The molecule has 0 heterocycles. The van der Waals surface area contributed by atoms with Crippen molar-refractivity contribution in [3.63, 3.8) is 0 Å². The van der Waals surface area contributed by atoms with Crippen LogP contribution >= 0.6 is 11.6 Å². The van der Waals surface area contributed by atoms with Crippen molar-refractivity contribution in [1.82, 2.24) is 0 Å². The summed E-state index contributed by atoms with van der Waals surface area (Å²) in [5.41, 5.74) is -0.337. The standard InChI is InChI=1S/C14H7ClO5S.Na/c15-9-5-1-3-7-11(9)13(16)8-4-2-6-10(21(18,19)20)12(8)14(7)17;/h1-6H,(H,18,19,20);/q;+1. The van der Waals surface area contributed by atoms with Gasteiger partial charge in [0.15, 0.2) is 11.6 Å². The molecule has 1 aliphatic rings. The van der Waals surface area contributed by atoms with E-state index >= 15 is 0 Å². The van der Waals surface area contributed by atoms with Gasteiger partial charge in [-0.3, -0.25) is 14.1 Å². The first-order chi connectivity index (χ1) is 9.82. The number of rotatable bonds is 1. The summed E-state index contributed by atoms with van der Waals surface area (Å²) in [6, 6.07) is 8.06. The molecule has 0 radical (unpaired) electrons. The van der Waals surface area contributed by atoms with Gasteiger partial charge in [-0.25, -0.2) is 0 Å². The molecule has 1 aliphatic carbocycles. The summed E-state index contributed by atoms with van der Waals surface area (Å²) >= 11 is 5.96. The average molecular weight is 346 g/mol. The number of hydrogen-bond donors (Lipinski definition) is 1. The van der Waals surface area contributed by atoms with Crippen LogP contribution in [0.5, 0.6) is 0 Å². The van der Waals surface area contributed by atoms with E-state index in [2.05, 4.69) is 0 Å². The summed E-state index contributed by atoms with van der Waals surface area (Å²) in [5, 5.41) is 0.119. The molecule has 8 heteroatoms. The summed E-state index contributed by atoms with van der Waals surface area (Å²) in [6.45, 7) is 0. The molecule has 0 unspecified atom stereocenters. The first kappa shape index (κ1) is 17.3. The van der Waals surface area contributed by atoms with Gasteiger partial charge >= 0.3 is 29.6 Å². The molecule has 0 spiro atoms. The molecular weight excluding hydrogens is 339 g/mol. The smallest absolute Gasteiger partial charge is 0.289 e. The van der Waals surface area contributed by atoms with Crippen LogP contribution in [0.3, 0.4) is 0 Å². The van der Waals surface area contributed by atoms with Crippen LogP contribution in [0.4, 0.5) is 0 Å². The molecule has 0 aliphatic heterocycles. The fraction of sp³-hybridized carbons (Fsp3) is 0. The number of carbonyl (C=O) groups is 2. The summed E-state index contributed by atoms with van der Waals surface area (Å²) in [5.74, 6) is -1.20. The van der Waals surface area contributed by atoms with Gasteiger partial charge in [-0.05, 0) is 12.1 Å². The molecule has 0 aromatic heterocycles. The Balaban J connectivity index is 0.00000176. The van der Waals surface area contributed by atoms with E-state index in [1.165, 1.54) is 30.3 Å². The van der Waals surface area contributed by atoms with E-state index in [0.29, 0.717) is 0 Å². The molecule has 0 bridgehead atoms. The fourth-order valence-corrected chi connectivity index (χ4v) is 3.35. The van der Waals surface area contributed by atoms with Gasteiger partial charge in [-0.15, -0.1) is 0 Å². The zero-order valence-corrected chi connectivity index (χ0v) is 14.9. The third-order valence-corrected chi connectivity index (χ3v) is 4.47. The van der Waals surface area contributed by atoms with Crippen LogP contribution in [-0.2, 0) is 10.1 Å². The second-order valence-electron chi connectivity index (χ2n) is 4.47. The maximum atomic E-state index is 12.5. The van der Waals surface area contributed by atoms with Crippen LogP contribution in [0.2, 0.25) is 5.02 Å². The van der Waals surface area contributed by atoms with Gasteiger partial charge < -0.3 is 0 Å². The number of carbonyl (C=O) groups excluding carboxylic acids is 2. The van der Waals surface area contributed by atoms with Crippen LogP contribution in [0, 0.1) is 0 Å². The number of hydrogen-bond acceptors (Lipinski definition) is 4. The molecule has 1 N–H and O–H groups in total. The fourth-order valence-electron chi connectivity index (χ4n) is 2.38. The van der Waals surface area contributed by atoms with Crippen LogP contribution in [0.1, 0.15) is 31.8 Å². The molecule has 0 fully saturated rings. The van der Waals surface area contributed by atoms with E-state index in [1.54, 1.807) is 0 Å². The number of halogens is 1. The average Bonchev–Trinajstić information content (AvgIpc) is 2.43. The van der Waals surface area contributed by atoms with E-state index in [9.17, 15) is 22.6 Å². The Hall–Kier alpha value is -1.02. The normalized spacial score (nSPS) is 13.2. The third-order valence-electron chi connectivity index (χ3n) is 3.26. The molecule has 0 atom stereocenters. The summed E-state index contributed by atoms with van der Waals surface area (Å²) in [7, 11) is -4.62. The Morgan fingerprint density at radius 2 is 1.36 bits per heavy atom. The van der Waals surface area contributed by atoms with E-state index in [0.717, 1.165) is 6.07 Å². The van der Waals surface area contributed by atoms with Crippen molar-refractivity contribution in [2.24, 2.45) is 0 Å². The topological polar surface area (TPSA) is 88.5 Å². The molecule has 3 rings (SSSR count). The first-order valence-corrected chi connectivity index (χ1v) is 7.62. The maximum absolute atomic E-state index is 12.5. The van der Waals surface area contributed by atoms with Gasteiger partial charge in [0.2, 0.25) is 0 Å². The van der Waals surface area contributed by atoms with E-state index < -0.39 is 26.6 Å². The summed E-state index contributed by atoms with van der Waals surface area (Å²) in [4.78, 5) is 24.3. The minimum absolute atomic E-state index is 0. The zero-order valence-electron chi connectivity index (χ0n) is 11.3. The molecule has 2 aromatic carbocycles. The molecular formula is C14H7ClNaO5S+.